The first-order valence-corrected chi connectivity index (χ1v) is 9.36. The maximum atomic E-state index is 12.7. The van der Waals surface area contributed by atoms with Crippen molar-refractivity contribution in [1.29, 1.82) is 0 Å². The summed E-state index contributed by atoms with van der Waals surface area (Å²) >= 11 is 1.39. The third-order valence-electron chi connectivity index (χ3n) is 4.56. The van der Waals surface area contributed by atoms with Gasteiger partial charge < -0.3 is 13.8 Å². The zero-order valence-electron chi connectivity index (χ0n) is 14.9. The molecule has 1 N–H and O–H groups in total. The second-order valence-corrected chi connectivity index (χ2v) is 7.45. The SMILES string of the molecule is Cc1noc(C)c1CC(=O)N1CCc2nc(NC(=O)c3ccco3)sc2C1. The first-order valence-electron chi connectivity index (χ1n) is 8.54. The number of carbonyl (C=O) groups is 2. The van der Waals surface area contributed by atoms with Crippen molar-refractivity contribution >= 4 is 28.3 Å². The molecule has 3 aromatic rings. The van der Waals surface area contributed by atoms with Gasteiger partial charge in [-0.2, -0.15) is 0 Å². The predicted molar refractivity (Wildman–Crippen MR) is 97.6 cm³/mol. The smallest absolute Gasteiger partial charge is 0.293 e. The lowest BCUT2D eigenvalue weighted by atomic mass is 10.1. The van der Waals surface area contributed by atoms with Crippen LogP contribution in [0.1, 0.15) is 38.1 Å². The van der Waals surface area contributed by atoms with E-state index in [9.17, 15) is 9.59 Å². The highest BCUT2D eigenvalue weighted by Gasteiger charge is 2.26. The van der Waals surface area contributed by atoms with E-state index in [1.165, 1.54) is 17.6 Å². The molecule has 0 saturated carbocycles. The molecule has 9 heteroatoms. The number of anilines is 1. The molecule has 4 heterocycles. The van der Waals surface area contributed by atoms with Crippen molar-refractivity contribution in [3.8, 4) is 0 Å². The minimum absolute atomic E-state index is 0.0321. The molecule has 1 aliphatic rings. The third kappa shape index (κ3) is 3.50. The van der Waals surface area contributed by atoms with Gasteiger partial charge in [-0.05, 0) is 26.0 Å². The van der Waals surface area contributed by atoms with Crippen molar-refractivity contribution in [2.24, 2.45) is 0 Å². The highest BCUT2D eigenvalue weighted by atomic mass is 32.1. The van der Waals surface area contributed by atoms with Crippen molar-refractivity contribution in [2.75, 3.05) is 11.9 Å². The minimum atomic E-state index is -0.336. The van der Waals surface area contributed by atoms with Gasteiger partial charge in [0.15, 0.2) is 10.9 Å². The van der Waals surface area contributed by atoms with Crippen LogP contribution in [0.25, 0.3) is 0 Å². The van der Waals surface area contributed by atoms with Crippen LogP contribution in [0, 0.1) is 13.8 Å². The van der Waals surface area contributed by atoms with Gasteiger partial charge in [-0.25, -0.2) is 4.98 Å². The van der Waals surface area contributed by atoms with Crippen LogP contribution in [-0.2, 0) is 24.2 Å². The number of carbonyl (C=O) groups excluding carboxylic acids is 2. The summed E-state index contributed by atoms with van der Waals surface area (Å²) in [5.41, 5.74) is 2.52. The highest BCUT2D eigenvalue weighted by molar-refractivity contribution is 7.15. The number of nitrogens with zero attached hydrogens (tertiary/aromatic N) is 3. The first-order chi connectivity index (χ1) is 13.0. The molecular formula is C18H18N4O4S. The number of rotatable bonds is 4. The molecule has 0 spiro atoms. The Balaban J connectivity index is 1.43. The summed E-state index contributed by atoms with van der Waals surface area (Å²) < 4.78 is 10.2. The Morgan fingerprint density at radius 2 is 2.22 bits per heavy atom. The molecule has 1 aliphatic heterocycles. The third-order valence-corrected chi connectivity index (χ3v) is 5.56. The normalized spacial score (nSPS) is 13.5. The van der Waals surface area contributed by atoms with Gasteiger partial charge in [0.05, 0.1) is 30.6 Å². The van der Waals surface area contributed by atoms with Crippen molar-refractivity contribution in [3.05, 3.63) is 51.7 Å². The lowest BCUT2D eigenvalue weighted by Gasteiger charge is -2.26. The summed E-state index contributed by atoms with van der Waals surface area (Å²) in [6.45, 7) is 4.75. The topological polar surface area (TPSA) is 101 Å². The molecule has 27 heavy (non-hydrogen) atoms. The Bertz CT molecular complexity index is 970. The van der Waals surface area contributed by atoms with Crippen molar-refractivity contribution in [2.45, 2.75) is 33.2 Å². The van der Waals surface area contributed by atoms with Crippen molar-refractivity contribution in [1.82, 2.24) is 15.0 Å². The summed E-state index contributed by atoms with van der Waals surface area (Å²) in [6, 6.07) is 3.25. The van der Waals surface area contributed by atoms with E-state index in [0.29, 0.717) is 30.4 Å². The number of furan rings is 1. The van der Waals surface area contributed by atoms with Crippen LogP contribution in [0.3, 0.4) is 0 Å². The van der Waals surface area contributed by atoms with Crippen LogP contribution in [0.4, 0.5) is 5.13 Å². The predicted octanol–water partition coefficient (Wildman–Crippen LogP) is 2.72. The van der Waals surface area contributed by atoms with Gasteiger partial charge in [0.1, 0.15) is 5.76 Å². The highest BCUT2D eigenvalue weighted by Crippen LogP contribution is 2.29. The van der Waals surface area contributed by atoms with E-state index in [1.54, 1.807) is 12.1 Å². The Kier molecular flexibility index (Phi) is 4.53. The Morgan fingerprint density at radius 1 is 1.37 bits per heavy atom. The molecule has 0 aliphatic carbocycles. The number of fused-ring (bicyclic) bond motifs is 1. The van der Waals surface area contributed by atoms with Crippen LogP contribution in [0.5, 0.6) is 0 Å². The zero-order valence-corrected chi connectivity index (χ0v) is 15.8. The largest absolute Gasteiger partial charge is 0.459 e. The van der Waals surface area contributed by atoms with Gasteiger partial charge in [-0.1, -0.05) is 16.5 Å². The van der Waals surface area contributed by atoms with Gasteiger partial charge in [0, 0.05) is 23.4 Å². The quantitative estimate of drug-likeness (QED) is 0.740. The number of thiazole rings is 1. The molecule has 4 rings (SSSR count). The zero-order chi connectivity index (χ0) is 19.0. The van der Waals surface area contributed by atoms with Crippen molar-refractivity contribution in [3.63, 3.8) is 0 Å². The Morgan fingerprint density at radius 3 is 2.93 bits per heavy atom. The maximum absolute atomic E-state index is 12.7. The van der Waals surface area contributed by atoms with Gasteiger partial charge in [0.25, 0.3) is 5.91 Å². The molecule has 0 aromatic carbocycles. The van der Waals surface area contributed by atoms with E-state index in [4.69, 9.17) is 8.94 Å². The first kappa shape index (κ1) is 17.5. The van der Waals surface area contributed by atoms with Crippen LogP contribution in [-0.4, -0.2) is 33.4 Å². The van der Waals surface area contributed by atoms with Crippen LogP contribution in [0.2, 0.25) is 0 Å². The molecule has 0 radical (unpaired) electrons. The number of nitrogens with one attached hydrogen (secondary N) is 1. The number of hydrogen-bond acceptors (Lipinski definition) is 7. The lowest BCUT2D eigenvalue weighted by molar-refractivity contribution is -0.131. The van der Waals surface area contributed by atoms with Gasteiger partial charge in [-0.3, -0.25) is 14.9 Å². The van der Waals surface area contributed by atoms with E-state index in [-0.39, 0.29) is 24.0 Å². The average Bonchev–Trinajstić information content (AvgIpc) is 3.37. The fourth-order valence-corrected chi connectivity index (χ4v) is 4.06. The molecule has 140 valence electrons. The molecular weight excluding hydrogens is 368 g/mol. The van der Waals surface area contributed by atoms with Crippen LogP contribution in [0.15, 0.2) is 27.3 Å². The summed E-state index contributed by atoms with van der Waals surface area (Å²) in [5.74, 6) is 0.612. The molecule has 3 aromatic heterocycles. The monoisotopic (exact) mass is 386 g/mol. The van der Waals surface area contributed by atoms with Gasteiger partial charge >= 0.3 is 0 Å². The van der Waals surface area contributed by atoms with E-state index in [1.807, 2.05) is 18.7 Å². The molecule has 2 amide bonds. The number of aryl methyl sites for hydroxylation is 2. The minimum Gasteiger partial charge on any atom is -0.459 e. The standard InChI is InChI=1S/C18H18N4O4S/c1-10-12(11(2)26-21-10)8-16(23)22-6-5-13-15(9-22)27-18(19-13)20-17(24)14-4-3-7-25-14/h3-4,7H,5-6,8-9H2,1-2H3,(H,19,20,24). The second-order valence-electron chi connectivity index (χ2n) is 6.37. The number of amides is 2. The molecule has 8 nitrogen and oxygen atoms in total. The molecule has 0 bridgehead atoms. The van der Waals surface area contributed by atoms with Gasteiger partial charge in [-0.15, -0.1) is 0 Å². The van der Waals surface area contributed by atoms with E-state index in [2.05, 4.69) is 15.5 Å². The fraction of sp³-hybridized carbons (Fsp3) is 0.333. The van der Waals surface area contributed by atoms with Crippen LogP contribution < -0.4 is 5.32 Å². The Labute approximate surface area is 159 Å². The number of hydrogen-bond donors (Lipinski definition) is 1. The summed E-state index contributed by atoms with van der Waals surface area (Å²) in [7, 11) is 0. The summed E-state index contributed by atoms with van der Waals surface area (Å²) in [4.78, 5) is 32.0. The Hall–Kier alpha value is -2.94. The number of aromatic nitrogens is 2. The van der Waals surface area contributed by atoms with E-state index < -0.39 is 0 Å². The molecule has 0 saturated heterocycles. The summed E-state index contributed by atoms with van der Waals surface area (Å²) in [5, 5.41) is 7.16. The van der Waals surface area contributed by atoms with E-state index in [0.717, 1.165) is 21.8 Å². The lowest BCUT2D eigenvalue weighted by Crippen LogP contribution is -2.36. The maximum Gasteiger partial charge on any atom is 0.293 e. The van der Waals surface area contributed by atoms with E-state index >= 15 is 0 Å². The second kappa shape index (κ2) is 6.99. The van der Waals surface area contributed by atoms with Gasteiger partial charge in [0.2, 0.25) is 5.91 Å². The molecule has 0 atom stereocenters. The molecule has 0 fully saturated rings. The van der Waals surface area contributed by atoms with Crippen LogP contribution >= 0.6 is 11.3 Å². The van der Waals surface area contributed by atoms with Crippen molar-refractivity contribution < 1.29 is 18.5 Å². The molecule has 0 unspecified atom stereocenters. The fourth-order valence-electron chi connectivity index (χ4n) is 3.05. The average molecular weight is 386 g/mol. The summed E-state index contributed by atoms with van der Waals surface area (Å²) in [6.07, 6.45) is 2.39.